The van der Waals surface area contributed by atoms with E-state index in [2.05, 4.69) is 15.2 Å². The molecule has 2 aliphatic carbocycles. The van der Waals surface area contributed by atoms with Gasteiger partial charge in [-0.1, -0.05) is 0 Å². The lowest BCUT2D eigenvalue weighted by molar-refractivity contribution is -0.0380. The summed E-state index contributed by atoms with van der Waals surface area (Å²) in [5, 5.41) is 12.9. The van der Waals surface area contributed by atoms with Crippen LogP contribution in [0.25, 0.3) is 0 Å². The zero-order chi connectivity index (χ0) is 26.0. The molecular weight excluding hydrogens is 468 g/mol. The second-order valence-electron chi connectivity index (χ2n) is 9.99. The van der Waals surface area contributed by atoms with Gasteiger partial charge in [0.2, 0.25) is 5.92 Å². The predicted octanol–water partition coefficient (Wildman–Crippen LogP) is 4.96. The van der Waals surface area contributed by atoms with Crippen LogP contribution in [-0.2, 0) is 6.54 Å². The summed E-state index contributed by atoms with van der Waals surface area (Å²) < 4.78 is 33.8. The van der Waals surface area contributed by atoms with Crippen LogP contribution < -0.4 is 20.5 Å². The largest absolute Gasteiger partial charge is 0.507 e. The standard InChI is InChI=1S/C27H35F2N3O4/c1-4-32(18-8-10-27(28,29)11-9-18)23-14-20(36-19-6-5-7-19)13-21(17(23)3)25(34)30-15-22-24(33)12-16(2)31-26(22)35/h12-14,18-19H,4-11,15H2,1-3H3,(H,30,34)(H2,31,33,35). The Balaban J connectivity index is 1.62. The third kappa shape index (κ3) is 5.65. The van der Waals surface area contributed by atoms with Crippen LogP contribution in [0.2, 0.25) is 0 Å². The molecule has 4 rings (SSSR count). The van der Waals surface area contributed by atoms with Gasteiger partial charge < -0.3 is 25.0 Å². The van der Waals surface area contributed by atoms with Crippen LogP contribution in [0.15, 0.2) is 23.0 Å². The highest BCUT2D eigenvalue weighted by Gasteiger charge is 2.37. The molecular formula is C27H35F2N3O4. The van der Waals surface area contributed by atoms with E-state index in [1.165, 1.54) is 6.07 Å². The molecule has 0 atom stereocenters. The van der Waals surface area contributed by atoms with E-state index >= 15 is 0 Å². The van der Waals surface area contributed by atoms with Crippen LogP contribution in [0.1, 0.15) is 79.0 Å². The number of rotatable bonds is 8. The number of aryl methyl sites for hydroxylation is 1. The van der Waals surface area contributed by atoms with Crippen LogP contribution in [0, 0.1) is 13.8 Å². The average Bonchev–Trinajstić information content (AvgIpc) is 2.78. The number of nitrogens with one attached hydrogen (secondary N) is 2. The van der Waals surface area contributed by atoms with E-state index in [0.29, 0.717) is 36.4 Å². The molecule has 0 radical (unpaired) electrons. The molecule has 0 spiro atoms. The number of benzene rings is 1. The van der Waals surface area contributed by atoms with Gasteiger partial charge in [-0.05, 0) is 70.6 Å². The topological polar surface area (TPSA) is 94.7 Å². The molecule has 7 nitrogen and oxygen atoms in total. The Morgan fingerprint density at radius 1 is 1.19 bits per heavy atom. The molecule has 2 aliphatic rings. The summed E-state index contributed by atoms with van der Waals surface area (Å²) in [6, 6.07) is 5.00. The lowest BCUT2D eigenvalue weighted by Gasteiger charge is -2.39. The predicted molar refractivity (Wildman–Crippen MR) is 134 cm³/mol. The van der Waals surface area contributed by atoms with Gasteiger partial charge in [0.1, 0.15) is 11.5 Å². The molecule has 1 aromatic heterocycles. The highest BCUT2D eigenvalue weighted by Crippen LogP contribution is 2.39. The van der Waals surface area contributed by atoms with Gasteiger partial charge in [-0.3, -0.25) is 9.59 Å². The minimum absolute atomic E-state index is 0.0498. The Hall–Kier alpha value is -3.10. The summed E-state index contributed by atoms with van der Waals surface area (Å²) in [4.78, 5) is 30.3. The second kappa shape index (κ2) is 10.5. The number of aromatic nitrogens is 1. The van der Waals surface area contributed by atoms with E-state index < -0.39 is 17.4 Å². The van der Waals surface area contributed by atoms with Gasteiger partial charge in [0, 0.05) is 48.4 Å². The molecule has 2 fully saturated rings. The number of aromatic hydroxyl groups is 1. The fourth-order valence-corrected chi connectivity index (χ4v) is 5.05. The molecule has 0 unspecified atom stereocenters. The first kappa shape index (κ1) is 26.0. The van der Waals surface area contributed by atoms with Gasteiger partial charge in [-0.25, -0.2) is 8.78 Å². The van der Waals surface area contributed by atoms with Gasteiger partial charge in [0.15, 0.2) is 0 Å². The molecule has 9 heteroatoms. The Kier molecular flexibility index (Phi) is 7.57. The van der Waals surface area contributed by atoms with E-state index in [9.17, 15) is 23.5 Å². The molecule has 0 bridgehead atoms. The van der Waals surface area contributed by atoms with Gasteiger partial charge in [-0.2, -0.15) is 0 Å². The molecule has 1 heterocycles. The number of hydrogen-bond acceptors (Lipinski definition) is 5. The highest BCUT2D eigenvalue weighted by molar-refractivity contribution is 5.97. The molecule has 0 aliphatic heterocycles. The quantitative estimate of drug-likeness (QED) is 0.473. The maximum absolute atomic E-state index is 13.8. The van der Waals surface area contributed by atoms with Crippen molar-refractivity contribution in [3.63, 3.8) is 0 Å². The van der Waals surface area contributed by atoms with Crippen LogP contribution in [0.3, 0.4) is 0 Å². The fraction of sp³-hybridized carbons (Fsp3) is 0.556. The molecule has 196 valence electrons. The van der Waals surface area contributed by atoms with Crippen molar-refractivity contribution in [2.24, 2.45) is 0 Å². The van der Waals surface area contributed by atoms with Crippen molar-refractivity contribution in [2.45, 2.75) is 90.3 Å². The summed E-state index contributed by atoms with van der Waals surface area (Å²) in [6.07, 6.45) is 3.58. The molecule has 1 aromatic carbocycles. The van der Waals surface area contributed by atoms with Crippen molar-refractivity contribution in [1.29, 1.82) is 0 Å². The molecule has 2 aromatic rings. The minimum atomic E-state index is -2.62. The Bertz CT molecular complexity index is 1170. The van der Waals surface area contributed by atoms with Crippen LogP contribution in [0.5, 0.6) is 11.5 Å². The molecule has 1 amide bonds. The average molecular weight is 504 g/mol. The van der Waals surface area contributed by atoms with E-state index in [4.69, 9.17) is 4.74 Å². The zero-order valence-corrected chi connectivity index (χ0v) is 21.1. The SMILES string of the molecule is CCN(c1cc(OC2CCC2)cc(C(=O)NCc2c(O)cc(C)[nH]c2=O)c1C)C1CCC(F)(F)CC1. The van der Waals surface area contributed by atoms with Crippen LogP contribution in [0.4, 0.5) is 14.5 Å². The normalized spacial score (nSPS) is 17.9. The third-order valence-electron chi connectivity index (χ3n) is 7.40. The molecule has 0 saturated heterocycles. The molecule has 2 saturated carbocycles. The Morgan fingerprint density at radius 3 is 2.47 bits per heavy atom. The Morgan fingerprint density at radius 2 is 1.89 bits per heavy atom. The summed E-state index contributed by atoms with van der Waals surface area (Å²) >= 11 is 0. The number of amides is 1. The number of halogens is 2. The van der Waals surface area contributed by atoms with Gasteiger partial charge in [0.25, 0.3) is 11.5 Å². The number of nitrogens with zero attached hydrogens (tertiary/aromatic N) is 1. The van der Waals surface area contributed by atoms with Gasteiger partial charge >= 0.3 is 0 Å². The number of anilines is 1. The van der Waals surface area contributed by atoms with E-state index in [1.807, 2.05) is 19.9 Å². The molecule has 3 N–H and O–H groups in total. The summed E-state index contributed by atoms with van der Waals surface area (Å²) in [6.45, 7) is 5.95. The summed E-state index contributed by atoms with van der Waals surface area (Å²) in [7, 11) is 0. The number of H-pyrrole nitrogens is 1. The number of carbonyl (C=O) groups excluding carboxylic acids is 1. The summed E-state index contributed by atoms with van der Waals surface area (Å²) in [5.41, 5.74) is 2.05. The first-order chi connectivity index (χ1) is 17.1. The number of carbonyl (C=O) groups is 1. The van der Waals surface area contributed by atoms with Crippen LogP contribution >= 0.6 is 0 Å². The monoisotopic (exact) mass is 503 g/mol. The van der Waals surface area contributed by atoms with Crippen molar-refractivity contribution in [3.05, 3.63) is 50.9 Å². The first-order valence-corrected chi connectivity index (χ1v) is 12.7. The highest BCUT2D eigenvalue weighted by atomic mass is 19.3. The zero-order valence-electron chi connectivity index (χ0n) is 21.1. The van der Waals surface area contributed by atoms with E-state index in [1.54, 1.807) is 13.0 Å². The lowest BCUT2D eigenvalue weighted by atomic mass is 9.90. The number of hydrogen-bond donors (Lipinski definition) is 3. The van der Waals surface area contributed by atoms with Crippen molar-refractivity contribution in [3.8, 4) is 11.5 Å². The lowest BCUT2D eigenvalue weighted by Crippen LogP contribution is -2.41. The van der Waals surface area contributed by atoms with Gasteiger partial charge in [-0.15, -0.1) is 0 Å². The number of pyridine rings is 1. The van der Waals surface area contributed by atoms with Crippen molar-refractivity contribution in [1.82, 2.24) is 10.3 Å². The first-order valence-electron chi connectivity index (χ1n) is 12.7. The second-order valence-corrected chi connectivity index (χ2v) is 9.99. The Labute approximate surface area is 209 Å². The van der Waals surface area contributed by atoms with Crippen LogP contribution in [-0.4, -0.2) is 40.6 Å². The fourth-order valence-electron chi connectivity index (χ4n) is 5.05. The number of ether oxygens (including phenoxy) is 1. The van der Waals surface area contributed by atoms with E-state index in [0.717, 1.165) is 30.5 Å². The van der Waals surface area contributed by atoms with Crippen molar-refractivity contribution in [2.75, 3.05) is 11.4 Å². The third-order valence-corrected chi connectivity index (χ3v) is 7.40. The number of alkyl halides is 2. The summed E-state index contributed by atoms with van der Waals surface area (Å²) in [5.74, 6) is -2.63. The number of aromatic amines is 1. The minimum Gasteiger partial charge on any atom is -0.507 e. The maximum Gasteiger partial charge on any atom is 0.256 e. The van der Waals surface area contributed by atoms with Crippen molar-refractivity contribution >= 4 is 11.6 Å². The van der Waals surface area contributed by atoms with Gasteiger partial charge in [0.05, 0.1) is 18.2 Å². The smallest absolute Gasteiger partial charge is 0.256 e. The van der Waals surface area contributed by atoms with E-state index in [-0.39, 0.29) is 42.8 Å². The van der Waals surface area contributed by atoms with Crippen molar-refractivity contribution < 1.29 is 23.4 Å². The molecule has 36 heavy (non-hydrogen) atoms. The maximum atomic E-state index is 13.8.